The molecule has 2 atom stereocenters. The van der Waals surface area contributed by atoms with Crippen LogP contribution in [0.5, 0.6) is 0 Å². The topological polar surface area (TPSA) is 66.8 Å². The molecule has 1 aliphatic rings. The van der Waals surface area contributed by atoms with E-state index in [4.69, 9.17) is 4.74 Å². The molecule has 5 nitrogen and oxygen atoms in total. The normalized spacial score (nSPS) is 23.2. The second-order valence-corrected chi connectivity index (χ2v) is 5.17. The largest absolute Gasteiger partial charge is 0.481 e. The zero-order chi connectivity index (χ0) is 14.5. The second kappa shape index (κ2) is 6.52. The first-order valence-electron chi connectivity index (χ1n) is 6.67. The number of aliphatic carboxylic acids is 1. The molecule has 1 N–H and O–H groups in total. The van der Waals surface area contributed by atoms with Crippen LogP contribution in [-0.2, 0) is 20.9 Å². The van der Waals surface area contributed by atoms with Crippen LogP contribution in [0.4, 0.5) is 0 Å². The van der Waals surface area contributed by atoms with Crippen LogP contribution >= 0.6 is 0 Å². The van der Waals surface area contributed by atoms with Crippen molar-refractivity contribution in [2.75, 3.05) is 20.2 Å². The summed E-state index contributed by atoms with van der Waals surface area (Å²) in [6.07, 6.45) is 0.354. The molecule has 1 aromatic rings. The number of likely N-dealkylation sites (tertiary alicyclic amines) is 1. The molecule has 1 saturated heterocycles. The lowest BCUT2D eigenvalue weighted by atomic mass is 9.89. The molecule has 0 aromatic heterocycles. The van der Waals surface area contributed by atoms with Crippen LogP contribution < -0.4 is 0 Å². The van der Waals surface area contributed by atoms with Crippen molar-refractivity contribution in [2.45, 2.75) is 13.0 Å². The van der Waals surface area contributed by atoms with Gasteiger partial charge in [0, 0.05) is 19.6 Å². The fourth-order valence-corrected chi connectivity index (χ4v) is 2.68. The highest BCUT2D eigenvalue weighted by Gasteiger charge is 2.35. The van der Waals surface area contributed by atoms with Gasteiger partial charge in [0.2, 0.25) is 0 Å². The Hall–Kier alpha value is -1.88. The zero-order valence-electron chi connectivity index (χ0n) is 11.5. The molecule has 1 heterocycles. The van der Waals surface area contributed by atoms with E-state index >= 15 is 0 Å². The molecule has 0 radical (unpaired) electrons. The van der Waals surface area contributed by atoms with Gasteiger partial charge in [-0.2, -0.15) is 0 Å². The summed E-state index contributed by atoms with van der Waals surface area (Å²) in [6.45, 7) is 1.67. The van der Waals surface area contributed by atoms with Crippen LogP contribution in [0.15, 0.2) is 30.3 Å². The van der Waals surface area contributed by atoms with Gasteiger partial charge in [-0.1, -0.05) is 30.3 Å². The Balaban J connectivity index is 2.07. The number of hydrogen-bond acceptors (Lipinski definition) is 4. The third-order valence-electron chi connectivity index (χ3n) is 3.66. The number of carbonyl (C=O) groups excluding carboxylic acids is 1. The van der Waals surface area contributed by atoms with Crippen molar-refractivity contribution in [1.82, 2.24) is 4.90 Å². The van der Waals surface area contributed by atoms with Gasteiger partial charge in [-0.25, -0.2) is 0 Å². The lowest BCUT2D eigenvalue weighted by Gasteiger charge is -2.34. The van der Waals surface area contributed by atoms with E-state index in [0.717, 1.165) is 5.56 Å². The summed E-state index contributed by atoms with van der Waals surface area (Å²) in [6, 6.07) is 9.84. The highest BCUT2D eigenvalue weighted by Crippen LogP contribution is 2.24. The molecule has 1 aromatic carbocycles. The number of nitrogens with zero attached hydrogens (tertiary/aromatic N) is 1. The van der Waals surface area contributed by atoms with E-state index in [2.05, 4.69) is 0 Å². The maximum absolute atomic E-state index is 11.7. The third kappa shape index (κ3) is 3.57. The molecule has 0 aliphatic carbocycles. The average molecular weight is 277 g/mol. The lowest BCUT2D eigenvalue weighted by molar-refractivity contribution is -0.152. The molecule has 1 aliphatic heterocycles. The maximum atomic E-state index is 11.7. The van der Waals surface area contributed by atoms with Gasteiger partial charge in [-0.05, 0) is 12.0 Å². The van der Waals surface area contributed by atoms with E-state index in [1.807, 2.05) is 35.2 Å². The maximum Gasteiger partial charge on any atom is 0.309 e. The smallest absolute Gasteiger partial charge is 0.309 e. The number of hydrogen-bond donors (Lipinski definition) is 1. The van der Waals surface area contributed by atoms with Crippen LogP contribution in [0.2, 0.25) is 0 Å². The van der Waals surface area contributed by atoms with Crippen molar-refractivity contribution < 1.29 is 19.4 Å². The first-order chi connectivity index (χ1) is 9.60. The van der Waals surface area contributed by atoms with E-state index in [0.29, 0.717) is 26.1 Å². The summed E-state index contributed by atoms with van der Waals surface area (Å²) in [4.78, 5) is 24.9. The molecular weight excluding hydrogens is 258 g/mol. The van der Waals surface area contributed by atoms with Gasteiger partial charge in [-0.3, -0.25) is 14.5 Å². The fourth-order valence-electron chi connectivity index (χ4n) is 2.68. The van der Waals surface area contributed by atoms with E-state index in [1.54, 1.807) is 0 Å². The van der Waals surface area contributed by atoms with E-state index in [-0.39, 0.29) is 11.9 Å². The molecule has 2 rings (SSSR count). The Morgan fingerprint density at radius 2 is 1.90 bits per heavy atom. The fraction of sp³-hybridized carbons (Fsp3) is 0.467. The van der Waals surface area contributed by atoms with Gasteiger partial charge in [0.15, 0.2) is 0 Å². The van der Waals surface area contributed by atoms with E-state index < -0.39 is 11.9 Å². The van der Waals surface area contributed by atoms with E-state index in [9.17, 15) is 14.7 Å². The summed E-state index contributed by atoms with van der Waals surface area (Å²) in [5.41, 5.74) is 1.11. The minimum absolute atomic E-state index is 0.325. The summed E-state index contributed by atoms with van der Waals surface area (Å²) in [7, 11) is 1.34. The molecule has 20 heavy (non-hydrogen) atoms. The second-order valence-electron chi connectivity index (χ2n) is 5.17. The Kier molecular flexibility index (Phi) is 4.74. The number of rotatable bonds is 4. The minimum Gasteiger partial charge on any atom is -0.481 e. The zero-order valence-corrected chi connectivity index (χ0v) is 11.5. The van der Waals surface area contributed by atoms with Gasteiger partial charge >= 0.3 is 11.9 Å². The molecule has 108 valence electrons. The quantitative estimate of drug-likeness (QED) is 0.842. The van der Waals surface area contributed by atoms with Gasteiger partial charge in [-0.15, -0.1) is 0 Å². The third-order valence-corrected chi connectivity index (χ3v) is 3.66. The number of esters is 1. The standard InChI is InChI=1S/C15H19NO4/c1-20-15(19)13-7-12(14(17)18)9-16(10-13)8-11-5-3-2-4-6-11/h2-6,12-13H,7-10H2,1H3,(H,17,18)/t12-,13+/m1/s1. The van der Waals surface area contributed by atoms with Gasteiger partial charge in [0.25, 0.3) is 0 Å². The SMILES string of the molecule is COC(=O)[C@H]1C[C@@H](C(=O)O)CN(Cc2ccccc2)C1. The number of carboxylic acid groups (broad SMARTS) is 1. The molecule has 0 spiro atoms. The molecule has 1 fully saturated rings. The number of piperidine rings is 1. The number of benzene rings is 1. The molecule has 5 heteroatoms. The molecule has 0 saturated carbocycles. The Bertz CT molecular complexity index is 474. The number of carbonyl (C=O) groups is 2. The average Bonchev–Trinajstić information content (AvgIpc) is 2.47. The van der Waals surface area contributed by atoms with Crippen molar-refractivity contribution in [1.29, 1.82) is 0 Å². The highest BCUT2D eigenvalue weighted by molar-refractivity contribution is 5.75. The van der Waals surface area contributed by atoms with Crippen LogP contribution in [0.25, 0.3) is 0 Å². The molecule has 0 amide bonds. The predicted octanol–water partition coefficient (Wildman–Crippen LogP) is 1.38. The lowest BCUT2D eigenvalue weighted by Crippen LogP contribution is -2.45. The van der Waals surface area contributed by atoms with Crippen LogP contribution in [-0.4, -0.2) is 42.1 Å². The summed E-state index contributed by atoms with van der Waals surface area (Å²) in [5.74, 6) is -2.05. The van der Waals surface area contributed by atoms with Gasteiger partial charge in [0.1, 0.15) is 0 Å². The molecule has 0 bridgehead atoms. The highest BCUT2D eigenvalue weighted by atomic mass is 16.5. The van der Waals surface area contributed by atoms with Crippen LogP contribution in [0, 0.1) is 11.8 Å². The Labute approximate surface area is 118 Å². The van der Waals surface area contributed by atoms with Crippen molar-refractivity contribution >= 4 is 11.9 Å². The number of ether oxygens (including phenoxy) is 1. The summed E-state index contributed by atoms with van der Waals surface area (Å²) < 4.78 is 4.76. The predicted molar refractivity (Wildman–Crippen MR) is 73.0 cm³/mol. The molecule has 0 unspecified atom stereocenters. The minimum atomic E-state index is -0.850. The first kappa shape index (κ1) is 14.5. The summed E-state index contributed by atoms with van der Waals surface area (Å²) in [5, 5.41) is 9.22. The van der Waals surface area contributed by atoms with Gasteiger partial charge in [0.05, 0.1) is 18.9 Å². The number of carboxylic acids is 1. The van der Waals surface area contributed by atoms with Crippen LogP contribution in [0.1, 0.15) is 12.0 Å². The Morgan fingerprint density at radius 3 is 2.50 bits per heavy atom. The van der Waals surface area contributed by atoms with Crippen molar-refractivity contribution in [3.8, 4) is 0 Å². The first-order valence-corrected chi connectivity index (χ1v) is 6.67. The Morgan fingerprint density at radius 1 is 1.25 bits per heavy atom. The van der Waals surface area contributed by atoms with Gasteiger partial charge < -0.3 is 9.84 Å². The van der Waals surface area contributed by atoms with Crippen molar-refractivity contribution in [3.63, 3.8) is 0 Å². The number of methoxy groups -OCH3 is 1. The van der Waals surface area contributed by atoms with Crippen molar-refractivity contribution in [3.05, 3.63) is 35.9 Å². The van der Waals surface area contributed by atoms with Crippen LogP contribution in [0.3, 0.4) is 0 Å². The van der Waals surface area contributed by atoms with E-state index in [1.165, 1.54) is 7.11 Å². The van der Waals surface area contributed by atoms with Crippen molar-refractivity contribution in [2.24, 2.45) is 11.8 Å². The summed E-state index contributed by atoms with van der Waals surface area (Å²) >= 11 is 0. The monoisotopic (exact) mass is 277 g/mol. The molecular formula is C15H19NO4.